The summed E-state index contributed by atoms with van der Waals surface area (Å²) in [4.78, 5) is 37.2. The smallest absolute Gasteiger partial charge is 0.341 e. The van der Waals surface area contributed by atoms with E-state index in [2.05, 4.69) is 10.6 Å². The molecule has 2 aromatic rings. The number of furan rings is 1. The van der Waals surface area contributed by atoms with Gasteiger partial charge in [0.1, 0.15) is 10.8 Å². The summed E-state index contributed by atoms with van der Waals surface area (Å²) in [6.45, 7) is 3.50. The highest BCUT2D eigenvalue weighted by Gasteiger charge is 2.31. The van der Waals surface area contributed by atoms with Crippen molar-refractivity contribution in [2.24, 2.45) is 5.92 Å². The van der Waals surface area contributed by atoms with Gasteiger partial charge in [-0.3, -0.25) is 9.59 Å². The predicted octanol–water partition coefficient (Wildman–Crippen LogP) is 2.78. The molecule has 0 unspecified atom stereocenters. The molecule has 0 saturated heterocycles. The third-order valence-electron chi connectivity index (χ3n) is 4.15. The van der Waals surface area contributed by atoms with Crippen molar-refractivity contribution in [3.8, 4) is 0 Å². The largest absolute Gasteiger partial charge is 0.467 e. The second kappa shape index (κ2) is 7.74. The van der Waals surface area contributed by atoms with E-state index in [9.17, 15) is 14.4 Å². The third-order valence-corrected chi connectivity index (χ3v) is 5.27. The first-order chi connectivity index (χ1) is 12.5. The number of aryl methyl sites for hydroxylation is 1. The molecule has 0 aliphatic heterocycles. The minimum Gasteiger partial charge on any atom is -0.467 e. The van der Waals surface area contributed by atoms with Crippen LogP contribution in [0.25, 0.3) is 0 Å². The van der Waals surface area contributed by atoms with Crippen LogP contribution in [0.3, 0.4) is 0 Å². The predicted molar refractivity (Wildman–Crippen MR) is 96.0 cm³/mol. The summed E-state index contributed by atoms with van der Waals surface area (Å²) < 4.78 is 10.2. The van der Waals surface area contributed by atoms with Gasteiger partial charge < -0.3 is 19.8 Å². The van der Waals surface area contributed by atoms with Crippen LogP contribution in [0.4, 0.5) is 5.00 Å². The second-order valence-corrected chi connectivity index (χ2v) is 7.41. The molecule has 2 amide bonds. The highest BCUT2D eigenvalue weighted by atomic mass is 32.1. The topological polar surface area (TPSA) is 97.6 Å². The quantitative estimate of drug-likeness (QED) is 0.724. The zero-order valence-electron chi connectivity index (χ0n) is 14.6. The molecule has 0 bridgehead atoms. The summed E-state index contributed by atoms with van der Waals surface area (Å²) >= 11 is 1.34. The lowest BCUT2D eigenvalue weighted by atomic mass is 10.1. The molecule has 3 rings (SSSR count). The first kappa shape index (κ1) is 18.2. The molecule has 7 nitrogen and oxygen atoms in total. The number of esters is 1. The number of rotatable bonds is 7. The molecule has 0 atom stereocenters. The molecule has 138 valence electrons. The van der Waals surface area contributed by atoms with Gasteiger partial charge in [0.2, 0.25) is 5.91 Å². The molecular formula is C18H20N2O5S. The first-order valence-corrected chi connectivity index (χ1v) is 9.14. The van der Waals surface area contributed by atoms with Gasteiger partial charge in [0, 0.05) is 10.8 Å². The number of thiophene rings is 1. The molecule has 1 aliphatic rings. The highest BCUT2D eigenvalue weighted by Crippen LogP contribution is 2.36. The Balaban J connectivity index is 1.58. The van der Waals surface area contributed by atoms with Crippen molar-refractivity contribution in [2.75, 3.05) is 11.9 Å². The molecule has 1 fully saturated rings. The molecular weight excluding hydrogens is 356 g/mol. The molecule has 1 saturated carbocycles. The van der Waals surface area contributed by atoms with Gasteiger partial charge >= 0.3 is 5.97 Å². The maximum atomic E-state index is 12.4. The Bertz CT molecular complexity index is 821. The number of amides is 2. The summed E-state index contributed by atoms with van der Waals surface area (Å²) in [6, 6.07) is 3.46. The Labute approximate surface area is 154 Å². The highest BCUT2D eigenvalue weighted by molar-refractivity contribution is 7.16. The van der Waals surface area contributed by atoms with E-state index in [1.165, 1.54) is 17.6 Å². The van der Waals surface area contributed by atoms with Gasteiger partial charge in [-0.2, -0.15) is 0 Å². The summed E-state index contributed by atoms with van der Waals surface area (Å²) in [5.74, 6) is -0.474. The molecule has 2 heterocycles. The van der Waals surface area contributed by atoms with E-state index in [0.717, 1.165) is 23.3 Å². The van der Waals surface area contributed by atoms with Gasteiger partial charge in [0.25, 0.3) is 5.91 Å². The molecule has 1 aliphatic carbocycles. The van der Waals surface area contributed by atoms with E-state index in [0.29, 0.717) is 16.3 Å². The van der Waals surface area contributed by atoms with Crippen LogP contribution >= 0.6 is 11.3 Å². The minimum absolute atomic E-state index is 0.0361. The van der Waals surface area contributed by atoms with Crippen molar-refractivity contribution in [1.29, 1.82) is 0 Å². The lowest BCUT2D eigenvalue weighted by Gasteiger charge is -2.08. The van der Waals surface area contributed by atoms with Crippen molar-refractivity contribution in [2.45, 2.75) is 33.2 Å². The van der Waals surface area contributed by atoms with E-state index in [-0.39, 0.29) is 18.4 Å². The standard InChI is InChI=1S/C18H20N2O5S/c1-10-11(2)26-17(20-16(22)12-5-6-12)15(10)18(23)25-9-14(21)19-8-13-4-3-7-24-13/h3-4,7,12H,5-6,8-9H2,1-2H3,(H,19,21)(H,20,22). The van der Waals surface area contributed by atoms with Crippen LogP contribution in [0.5, 0.6) is 0 Å². The number of carbonyl (C=O) groups excluding carboxylic acids is 3. The Morgan fingerprint density at radius 2 is 2.08 bits per heavy atom. The normalized spacial score (nSPS) is 13.3. The number of carbonyl (C=O) groups is 3. The monoisotopic (exact) mass is 376 g/mol. The second-order valence-electron chi connectivity index (χ2n) is 6.18. The van der Waals surface area contributed by atoms with Gasteiger partial charge in [-0.1, -0.05) is 0 Å². The molecule has 8 heteroatoms. The first-order valence-electron chi connectivity index (χ1n) is 8.32. The number of nitrogens with one attached hydrogen (secondary N) is 2. The van der Waals surface area contributed by atoms with Gasteiger partial charge in [-0.15, -0.1) is 11.3 Å². The fraction of sp³-hybridized carbons (Fsp3) is 0.389. The fourth-order valence-corrected chi connectivity index (χ4v) is 3.42. The van der Waals surface area contributed by atoms with Crippen molar-refractivity contribution in [1.82, 2.24) is 5.32 Å². The Hall–Kier alpha value is -2.61. The maximum Gasteiger partial charge on any atom is 0.341 e. The lowest BCUT2D eigenvalue weighted by Crippen LogP contribution is -2.28. The third kappa shape index (κ3) is 4.32. The van der Waals surface area contributed by atoms with E-state index >= 15 is 0 Å². The van der Waals surface area contributed by atoms with Crippen molar-refractivity contribution in [3.05, 3.63) is 40.2 Å². The molecule has 26 heavy (non-hydrogen) atoms. The molecule has 2 N–H and O–H groups in total. The lowest BCUT2D eigenvalue weighted by molar-refractivity contribution is -0.124. The Morgan fingerprint density at radius 3 is 2.73 bits per heavy atom. The average molecular weight is 376 g/mol. The van der Waals surface area contributed by atoms with Crippen molar-refractivity contribution >= 4 is 34.1 Å². The number of anilines is 1. The fourth-order valence-electron chi connectivity index (χ4n) is 2.37. The summed E-state index contributed by atoms with van der Waals surface area (Å²) in [5.41, 5.74) is 1.07. The molecule has 0 spiro atoms. The summed E-state index contributed by atoms with van der Waals surface area (Å²) in [7, 11) is 0. The molecule has 0 radical (unpaired) electrons. The molecule has 0 aromatic carbocycles. The Kier molecular flexibility index (Phi) is 5.41. The van der Waals surface area contributed by atoms with Crippen molar-refractivity contribution in [3.63, 3.8) is 0 Å². The average Bonchev–Trinajstić information content (AvgIpc) is 3.27. The van der Waals surface area contributed by atoms with Crippen LogP contribution in [0, 0.1) is 19.8 Å². The van der Waals surface area contributed by atoms with Crippen LogP contribution < -0.4 is 10.6 Å². The number of hydrogen-bond donors (Lipinski definition) is 2. The van der Waals surface area contributed by atoms with E-state index < -0.39 is 18.5 Å². The van der Waals surface area contributed by atoms with Crippen molar-refractivity contribution < 1.29 is 23.5 Å². The van der Waals surface area contributed by atoms with Crippen LogP contribution in [0.2, 0.25) is 0 Å². The summed E-state index contributed by atoms with van der Waals surface area (Å²) in [6.07, 6.45) is 3.27. The van der Waals surface area contributed by atoms with E-state index in [1.54, 1.807) is 19.1 Å². The van der Waals surface area contributed by atoms with E-state index in [4.69, 9.17) is 9.15 Å². The Morgan fingerprint density at radius 1 is 1.31 bits per heavy atom. The maximum absolute atomic E-state index is 12.4. The SMILES string of the molecule is Cc1sc(NC(=O)C2CC2)c(C(=O)OCC(=O)NCc2ccco2)c1C. The van der Waals surface area contributed by atoms with Crippen LogP contribution in [0.1, 0.15) is 39.4 Å². The number of ether oxygens (including phenoxy) is 1. The van der Waals surface area contributed by atoms with Crippen LogP contribution in [-0.4, -0.2) is 24.4 Å². The zero-order chi connectivity index (χ0) is 18.7. The van der Waals surface area contributed by atoms with Gasteiger partial charge in [0.05, 0.1) is 18.4 Å². The van der Waals surface area contributed by atoms with E-state index in [1.807, 2.05) is 6.92 Å². The van der Waals surface area contributed by atoms with Gasteiger partial charge in [0.15, 0.2) is 6.61 Å². The van der Waals surface area contributed by atoms with Gasteiger partial charge in [-0.25, -0.2) is 4.79 Å². The number of hydrogen-bond acceptors (Lipinski definition) is 6. The summed E-state index contributed by atoms with van der Waals surface area (Å²) in [5, 5.41) is 5.90. The minimum atomic E-state index is -0.619. The molecule has 2 aromatic heterocycles. The zero-order valence-corrected chi connectivity index (χ0v) is 15.4. The van der Waals surface area contributed by atoms with Crippen LogP contribution in [0.15, 0.2) is 22.8 Å². The van der Waals surface area contributed by atoms with Crippen LogP contribution in [-0.2, 0) is 20.9 Å². The van der Waals surface area contributed by atoms with Gasteiger partial charge in [-0.05, 0) is 44.4 Å².